The number of thiophene rings is 1. The number of carbonyl (C=O) groups is 2. The van der Waals surface area contributed by atoms with Crippen molar-refractivity contribution in [2.24, 2.45) is 18.7 Å². The van der Waals surface area contributed by atoms with Gasteiger partial charge >= 0.3 is 0 Å². The molecule has 8 nitrogen and oxygen atoms in total. The predicted molar refractivity (Wildman–Crippen MR) is 134 cm³/mol. The summed E-state index contributed by atoms with van der Waals surface area (Å²) in [7, 11) is 5.88. The van der Waals surface area contributed by atoms with Crippen molar-refractivity contribution in [3.63, 3.8) is 0 Å². The number of nitrogens with zero attached hydrogens (tertiary/aromatic N) is 4. The van der Waals surface area contributed by atoms with Crippen LogP contribution in [0.3, 0.4) is 0 Å². The Kier molecular flexibility index (Phi) is 6.76. The molecule has 1 atom stereocenters. The fraction of sp³-hybridized carbons (Fsp3) is 0.391. The Morgan fingerprint density at radius 3 is 2.67 bits per heavy atom. The summed E-state index contributed by atoms with van der Waals surface area (Å²) < 4.78 is 1.88. The maximum atomic E-state index is 12.7. The number of hydrogen-bond donors (Lipinski definition) is 2. The van der Waals surface area contributed by atoms with Crippen LogP contribution in [0.2, 0.25) is 0 Å². The molecule has 0 aliphatic heterocycles. The van der Waals surface area contributed by atoms with E-state index in [0.29, 0.717) is 21.6 Å². The molecule has 4 rings (SSSR count). The van der Waals surface area contributed by atoms with Crippen LogP contribution in [-0.4, -0.2) is 46.4 Å². The molecule has 1 aromatic carbocycles. The van der Waals surface area contributed by atoms with Crippen molar-refractivity contribution in [1.29, 1.82) is 0 Å². The second-order valence-corrected chi connectivity index (χ2v) is 10.6. The molecular weight excluding hydrogens is 456 g/mol. The van der Waals surface area contributed by atoms with Crippen LogP contribution in [0.5, 0.6) is 0 Å². The lowest BCUT2D eigenvalue weighted by Gasteiger charge is -2.18. The zero-order chi connectivity index (χ0) is 23.7. The van der Waals surface area contributed by atoms with E-state index in [-0.39, 0.29) is 11.7 Å². The quantitative estimate of drug-likeness (QED) is 0.497. The van der Waals surface area contributed by atoms with Crippen molar-refractivity contribution >= 4 is 45.6 Å². The van der Waals surface area contributed by atoms with E-state index in [1.807, 2.05) is 54.9 Å². The van der Waals surface area contributed by atoms with Crippen molar-refractivity contribution in [3.05, 3.63) is 40.3 Å². The maximum Gasteiger partial charge on any atom is 0.251 e. The Labute approximate surface area is 201 Å². The minimum absolute atomic E-state index is 0.155. The topological polar surface area (TPSA) is 106 Å². The first-order valence-corrected chi connectivity index (χ1v) is 12.6. The van der Waals surface area contributed by atoms with E-state index in [0.717, 1.165) is 46.8 Å². The van der Waals surface area contributed by atoms with Gasteiger partial charge in [-0.05, 0) is 55.0 Å². The molecule has 0 saturated heterocycles. The third-order valence-electron chi connectivity index (χ3n) is 5.82. The van der Waals surface area contributed by atoms with Gasteiger partial charge in [-0.2, -0.15) is 0 Å². The van der Waals surface area contributed by atoms with Crippen LogP contribution < -0.4 is 16.0 Å². The predicted octanol–water partition coefficient (Wildman–Crippen LogP) is 3.56. The summed E-state index contributed by atoms with van der Waals surface area (Å²) in [6, 6.07) is 8.07. The van der Waals surface area contributed by atoms with E-state index in [2.05, 4.69) is 22.4 Å². The van der Waals surface area contributed by atoms with E-state index >= 15 is 0 Å². The van der Waals surface area contributed by atoms with Crippen molar-refractivity contribution in [2.75, 3.05) is 30.1 Å². The van der Waals surface area contributed by atoms with Gasteiger partial charge in [-0.15, -0.1) is 21.5 Å². The highest BCUT2D eigenvalue weighted by Gasteiger charge is 2.27. The van der Waals surface area contributed by atoms with Gasteiger partial charge in [-0.1, -0.05) is 18.7 Å². The van der Waals surface area contributed by atoms with Gasteiger partial charge in [-0.3, -0.25) is 9.59 Å². The molecule has 0 spiro atoms. The first-order valence-electron chi connectivity index (χ1n) is 10.8. The summed E-state index contributed by atoms with van der Waals surface area (Å²) in [5, 5.41) is 12.7. The van der Waals surface area contributed by atoms with Crippen LogP contribution >= 0.6 is 23.1 Å². The Hall–Kier alpha value is -2.85. The summed E-state index contributed by atoms with van der Waals surface area (Å²) in [6.45, 7) is 2.20. The maximum absolute atomic E-state index is 12.7. The van der Waals surface area contributed by atoms with Gasteiger partial charge in [0, 0.05) is 37.3 Å². The second kappa shape index (κ2) is 9.56. The molecule has 0 fully saturated rings. The smallest absolute Gasteiger partial charge is 0.251 e. The second-order valence-electron chi connectivity index (χ2n) is 8.56. The standard InChI is InChI=1S/C23H28N6O2S2/c1-13-5-10-16-17(11-13)33-22(19(16)20(24)31)25-18(30)12-32-23-27-26-21(29(23)4)14-6-8-15(9-7-14)28(2)3/h6-9,13H,5,10-12H2,1-4H3,(H2,24,31)(H,25,30). The summed E-state index contributed by atoms with van der Waals surface area (Å²) in [6.07, 6.45) is 2.77. The minimum Gasteiger partial charge on any atom is -0.378 e. The van der Waals surface area contributed by atoms with E-state index < -0.39 is 5.91 Å². The van der Waals surface area contributed by atoms with Gasteiger partial charge in [0.1, 0.15) is 5.00 Å². The molecule has 2 aromatic heterocycles. The molecule has 3 N–H and O–H groups in total. The van der Waals surface area contributed by atoms with Gasteiger partial charge in [0.15, 0.2) is 11.0 Å². The average Bonchev–Trinajstić information content (AvgIpc) is 3.31. The lowest BCUT2D eigenvalue weighted by molar-refractivity contribution is -0.113. The molecule has 0 radical (unpaired) electrons. The third kappa shape index (κ3) is 4.91. The van der Waals surface area contributed by atoms with Crippen LogP contribution in [0.25, 0.3) is 11.4 Å². The molecule has 2 heterocycles. The number of nitrogens with two attached hydrogens (primary N) is 1. The third-order valence-corrected chi connectivity index (χ3v) is 8.01. The SMILES string of the molecule is CC1CCc2c(sc(NC(=O)CSc3nnc(-c4ccc(N(C)C)cc4)n3C)c2C(N)=O)C1. The van der Waals surface area contributed by atoms with E-state index in [4.69, 9.17) is 5.73 Å². The molecule has 33 heavy (non-hydrogen) atoms. The zero-order valence-electron chi connectivity index (χ0n) is 19.2. The fourth-order valence-electron chi connectivity index (χ4n) is 3.99. The van der Waals surface area contributed by atoms with Gasteiger partial charge in [0.2, 0.25) is 5.91 Å². The molecule has 0 bridgehead atoms. The summed E-state index contributed by atoms with van der Waals surface area (Å²) in [5.74, 6) is 0.777. The molecular formula is C23H28N6O2S2. The number of carbonyl (C=O) groups excluding carboxylic acids is 2. The van der Waals surface area contributed by atoms with Crippen molar-refractivity contribution < 1.29 is 9.59 Å². The Bertz CT molecular complexity index is 1180. The van der Waals surface area contributed by atoms with E-state index in [1.54, 1.807) is 0 Å². The largest absolute Gasteiger partial charge is 0.378 e. The highest BCUT2D eigenvalue weighted by atomic mass is 32.2. The Balaban J connectivity index is 1.43. The lowest BCUT2D eigenvalue weighted by atomic mass is 9.88. The van der Waals surface area contributed by atoms with E-state index in [9.17, 15) is 9.59 Å². The number of thioether (sulfide) groups is 1. The highest BCUT2D eigenvalue weighted by molar-refractivity contribution is 7.99. The molecule has 0 saturated carbocycles. The first kappa shape index (κ1) is 23.3. The molecule has 1 unspecified atom stereocenters. The number of rotatable bonds is 7. The number of hydrogen-bond acceptors (Lipinski definition) is 7. The number of fused-ring (bicyclic) bond motifs is 1. The van der Waals surface area contributed by atoms with Crippen molar-refractivity contribution in [3.8, 4) is 11.4 Å². The molecule has 174 valence electrons. The summed E-state index contributed by atoms with van der Waals surface area (Å²) in [4.78, 5) is 28.0. The van der Waals surface area contributed by atoms with Crippen LogP contribution in [0.1, 0.15) is 34.1 Å². The lowest BCUT2D eigenvalue weighted by Crippen LogP contribution is -2.20. The first-order chi connectivity index (χ1) is 15.7. The number of amides is 2. The van der Waals surface area contributed by atoms with Crippen LogP contribution in [0.15, 0.2) is 29.4 Å². The van der Waals surface area contributed by atoms with Gasteiger partial charge in [-0.25, -0.2) is 0 Å². The van der Waals surface area contributed by atoms with Crippen LogP contribution in [0, 0.1) is 5.92 Å². The number of aromatic nitrogens is 3. The molecule has 10 heteroatoms. The van der Waals surface area contributed by atoms with Crippen LogP contribution in [0.4, 0.5) is 10.7 Å². The monoisotopic (exact) mass is 484 g/mol. The Morgan fingerprint density at radius 1 is 1.27 bits per heavy atom. The highest BCUT2D eigenvalue weighted by Crippen LogP contribution is 2.39. The normalized spacial score (nSPS) is 15.2. The number of nitrogens with one attached hydrogen (secondary N) is 1. The molecule has 3 aromatic rings. The van der Waals surface area contributed by atoms with Crippen molar-refractivity contribution in [1.82, 2.24) is 14.8 Å². The molecule has 1 aliphatic carbocycles. The fourth-order valence-corrected chi connectivity index (χ4v) is 6.14. The van der Waals surface area contributed by atoms with Gasteiger partial charge < -0.3 is 20.5 Å². The summed E-state index contributed by atoms with van der Waals surface area (Å²) in [5.41, 5.74) is 9.19. The average molecular weight is 485 g/mol. The number of anilines is 2. The minimum atomic E-state index is -0.483. The van der Waals surface area contributed by atoms with Crippen molar-refractivity contribution in [2.45, 2.75) is 31.3 Å². The Morgan fingerprint density at radius 2 is 2.00 bits per heavy atom. The summed E-state index contributed by atoms with van der Waals surface area (Å²) >= 11 is 2.78. The number of benzene rings is 1. The number of primary amides is 1. The van der Waals surface area contributed by atoms with Gasteiger partial charge in [0.05, 0.1) is 11.3 Å². The molecule has 1 aliphatic rings. The van der Waals surface area contributed by atoms with Crippen LogP contribution in [-0.2, 0) is 24.7 Å². The molecule has 2 amide bonds. The van der Waals surface area contributed by atoms with E-state index in [1.165, 1.54) is 23.1 Å². The van der Waals surface area contributed by atoms with Gasteiger partial charge in [0.25, 0.3) is 5.91 Å². The zero-order valence-corrected chi connectivity index (χ0v) is 20.8.